The van der Waals surface area contributed by atoms with E-state index >= 15 is 0 Å². The average molecular weight is 442 g/mol. The molecule has 4 nitrogen and oxygen atoms in total. The quantitative estimate of drug-likeness (QED) is 0.344. The van der Waals surface area contributed by atoms with E-state index in [1.54, 1.807) is 4.80 Å². The van der Waals surface area contributed by atoms with Crippen LogP contribution < -0.4 is 0 Å². The van der Waals surface area contributed by atoms with Crippen LogP contribution in [0.2, 0.25) is 0 Å². The summed E-state index contributed by atoms with van der Waals surface area (Å²) >= 11 is 0. The number of phenols is 1. The van der Waals surface area contributed by atoms with Gasteiger partial charge in [0.05, 0.1) is 0 Å². The first-order valence-electron chi connectivity index (χ1n) is 11.8. The fraction of sp³-hybridized carbons (Fsp3) is 0.379. The summed E-state index contributed by atoms with van der Waals surface area (Å²) in [6.45, 7) is 13.6. The number of fused-ring (bicyclic) bond motifs is 1. The third-order valence-electron chi connectivity index (χ3n) is 6.32. The first kappa shape index (κ1) is 23.0. The molecule has 0 bridgehead atoms. The van der Waals surface area contributed by atoms with Gasteiger partial charge in [-0.2, -0.15) is 0 Å². The monoisotopic (exact) mass is 441 g/mol. The standard InChI is InChI=1S/C29H35N3O/c1-20(21-12-8-7-9-13-21)16-22-17-23(29(5,6)19-28(2,3)4)18-26(27(22)33)32-30-24-14-10-11-15-25(24)31-32/h7-15,17-18,20,33H,16,19H2,1-6H3. The van der Waals surface area contributed by atoms with Gasteiger partial charge in [0, 0.05) is 0 Å². The number of nitrogens with zero attached hydrogens (tertiary/aromatic N) is 3. The third-order valence-corrected chi connectivity index (χ3v) is 6.32. The van der Waals surface area contributed by atoms with E-state index in [2.05, 4.69) is 88.1 Å². The van der Waals surface area contributed by atoms with E-state index in [1.165, 1.54) is 11.1 Å². The van der Waals surface area contributed by atoms with Crippen molar-refractivity contribution < 1.29 is 5.11 Å². The molecule has 1 unspecified atom stereocenters. The van der Waals surface area contributed by atoms with Crippen molar-refractivity contribution >= 4 is 11.0 Å². The Morgan fingerprint density at radius 1 is 0.848 bits per heavy atom. The Morgan fingerprint density at radius 3 is 2.00 bits per heavy atom. The highest BCUT2D eigenvalue weighted by molar-refractivity contribution is 5.73. The molecule has 4 rings (SSSR count). The van der Waals surface area contributed by atoms with Crippen LogP contribution in [0, 0.1) is 5.41 Å². The summed E-state index contributed by atoms with van der Waals surface area (Å²) in [5, 5.41) is 20.7. The van der Waals surface area contributed by atoms with Gasteiger partial charge in [-0.05, 0) is 64.5 Å². The van der Waals surface area contributed by atoms with E-state index in [0.29, 0.717) is 5.69 Å². The Balaban J connectivity index is 1.83. The van der Waals surface area contributed by atoms with Crippen LogP contribution in [0.25, 0.3) is 16.7 Å². The van der Waals surface area contributed by atoms with Crippen molar-refractivity contribution in [2.45, 2.75) is 65.7 Å². The van der Waals surface area contributed by atoms with Crippen LogP contribution in [-0.2, 0) is 11.8 Å². The van der Waals surface area contributed by atoms with Crippen molar-refractivity contribution in [2.24, 2.45) is 5.41 Å². The number of benzene rings is 3. The lowest BCUT2D eigenvalue weighted by Crippen LogP contribution is -2.25. The van der Waals surface area contributed by atoms with Crippen LogP contribution in [0.5, 0.6) is 5.75 Å². The van der Waals surface area contributed by atoms with Crippen molar-refractivity contribution in [1.29, 1.82) is 0 Å². The Kier molecular flexibility index (Phi) is 6.04. The highest BCUT2D eigenvalue weighted by atomic mass is 16.3. The first-order chi connectivity index (χ1) is 15.5. The molecule has 1 aromatic heterocycles. The van der Waals surface area contributed by atoms with Crippen LogP contribution in [0.3, 0.4) is 0 Å². The zero-order chi connectivity index (χ0) is 23.8. The summed E-state index contributed by atoms with van der Waals surface area (Å²) in [6.07, 6.45) is 1.76. The van der Waals surface area contributed by atoms with Gasteiger partial charge in [0.25, 0.3) is 0 Å². The van der Waals surface area contributed by atoms with Crippen LogP contribution in [0.1, 0.15) is 70.6 Å². The minimum absolute atomic E-state index is 0.0714. The summed E-state index contributed by atoms with van der Waals surface area (Å²) < 4.78 is 0. The molecule has 0 aliphatic heterocycles. The van der Waals surface area contributed by atoms with E-state index in [0.717, 1.165) is 29.4 Å². The van der Waals surface area contributed by atoms with E-state index in [-0.39, 0.29) is 22.5 Å². The highest BCUT2D eigenvalue weighted by Gasteiger charge is 2.29. The Hall–Kier alpha value is -3.14. The lowest BCUT2D eigenvalue weighted by molar-refractivity contribution is 0.283. The molecule has 0 saturated heterocycles. The summed E-state index contributed by atoms with van der Waals surface area (Å²) in [5.41, 5.74) is 5.77. The van der Waals surface area contributed by atoms with Gasteiger partial charge in [-0.15, -0.1) is 15.0 Å². The maximum absolute atomic E-state index is 11.4. The molecule has 1 atom stereocenters. The van der Waals surface area contributed by atoms with Gasteiger partial charge in [-0.3, -0.25) is 0 Å². The summed E-state index contributed by atoms with van der Waals surface area (Å²) in [7, 11) is 0. The zero-order valence-corrected chi connectivity index (χ0v) is 20.6. The molecule has 4 aromatic rings. The fourth-order valence-corrected chi connectivity index (χ4v) is 5.00. The molecule has 1 N–H and O–H groups in total. The number of rotatable bonds is 6. The average Bonchev–Trinajstić information content (AvgIpc) is 3.18. The Labute approximate surface area is 197 Å². The topological polar surface area (TPSA) is 50.9 Å². The first-order valence-corrected chi connectivity index (χ1v) is 11.8. The van der Waals surface area contributed by atoms with Crippen LogP contribution >= 0.6 is 0 Å². The summed E-state index contributed by atoms with van der Waals surface area (Å²) in [4.78, 5) is 1.59. The molecule has 33 heavy (non-hydrogen) atoms. The lowest BCUT2D eigenvalue weighted by Gasteiger charge is -2.34. The van der Waals surface area contributed by atoms with Gasteiger partial charge in [0.2, 0.25) is 0 Å². The second-order valence-corrected chi connectivity index (χ2v) is 11.1. The van der Waals surface area contributed by atoms with Gasteiger partial charge >= 0.3 is 0 Å². The van der Waals surface area contributed by atoms with Crippen LogP contribution in [0.15, 0.2) is 66.7 Å². The predicted molar refractivity (Wildman–Crippen MR) is 136 cm³/mol. The molecular formula is C29H35N3O. The van der Waals surface area contributed by atoms with Crippen molar-refractivity contribution in [1.82, 2.24) is 15.0 Å². The predicted octanol–water partition coefficient (Wildman–Crippen LogP) is 7.19. The number of phenolic OH excluding ortho intramolecular Hbond substituents is 1. The molecule has 1 heterocycles. The van der Waals surface area contributed by atoms with Crippen LogP contribution in [0.4, 0.5) is 0 Å². The molecule has 0 aliphatic carbocycles. The molecule has 0 aliphatic rings. The van der Waals surface area contributed by atoms with E-state index in [1.807, 2.05) is 30.3 Å². The molecule has 0 fully saturated rings. The smallest absolute Gasteiger partial charge is 0.146 e. The van der Waals surface area contributed by atoms with Crippen molar-refractivity contribution in [3.05, 3.63) is 83.4 Å². The summed E-state index contributed by atoms with van der Waals surface area (Å²) in [5.74, 6) is 0.531. The number of hydrogen-bond acceptors (Lipinski definition) is 3. The normalized spacial score (nSPS) is 13.4. The zero-order valence-electron chi connectivity index (χ0n) is 20.6. The third kappa shape index (κ3) is 5.11. The largest absolute Gasteiger partial charge is 0.505 e. The molecule has 0 amide bonds. The fourth-order valence-electron chi connectivity index (χ4n) is 5.00. The second kappa shape index (κ2) is 8.66. The molecule has 0 spiro atoms. The number of aromatic hydroxyl groups is 1. The highest BCUT2D eigenvalue weighted by Crippen LogP contribution is 2.40. The molecular weight excluding hydrogens is 406 g/mol. The molecule has 3 aromatic carbocycles. The van der Waals surface area contributed by atoms with E-state index in [4.69, 9.17) is 0 Å². The molecule has 0 saturated carbocycles. The number of hydrogen-bond donors (Lipinski definition) is 1. The van der Waals surface area contributed by atoms with Crippen molar-refractivity contribution in [3.63, 3.8) is 0 Å². The Morgan fingerprint density at radius 2 is 1.42 bits per heavy atom. The van der Waals surface area contributed by atoms with Gasteiger partial charge < -0.3 is 5.11 Å². The maximum Gasteiger partial charge on any atom is 0.146 e. The number of aromatic nitrogens is 3. The molecule has 4 heteroatoms. The van der Waals surface area contributed by atoms with Gasteiger partial charge in [0.1, 0.15) is 22.5 Å². The summed E-state index contributed by atoms with van der Waals surface area (Å²) in [6, 6.07) is 22.5. The Bertz CT molecular complexity index is 1220. The van der Waals surface area contributed by atoms with Gasteiger partial charge in [0.15, 0.2) is 0 Å². The van der Waals surface area contributed by atoms with Gasteiger partial charge in [-0.1, -0.05) is 90.1 Å². The van der Waals surface area contributed by atoms with E-state index < -0.39 is 0 Å². The maximum atomic E-state index is 11.4. The van der Waals surface area contributed by atoms with E-state index in [9.17, 15) is 5.11 Å². The minimum atomic E-state index is -0.0714. The van der Waals surface area contributed by atoms with Crippen molar-refractivity contribution in [3.8, 4) is 11.4 Å². The SMILES string of the molecule is CC(Cc1cc(C(C)(C)CC(C)(C)C)cc(-n2nc3ccccc3n2)c1O)c1ccccc1. The lowest BCUT2D eigenvalue weighted by atomic mass is 9.71. The minimum Gasteiger partial charge on any atom is -0.505 e. The molecule has 0 radical (unpaired) electrons. The van der Waals surface area contributed by atoms with Crippen molar-refractivity contribution in [2.75, 3.05) is 0 Å². The van der Waals surface area contributed by atoms with Gasteiger partial charge in [-0.25, -0.2) is 0 Å². The second-order valence-electron chi connectivity index (χ2n) is 11.1. The van der Waals surface area contributed by atoms with Crippen LogP contribution in [-0.4, -0.2) is 20.1 Å². The molecule has 172 valence electrons.